The Bertz CT molecular complexity index is 1900. The van der Waals surface area contributed by atoms with Crippen LogP contribution in [-0.2, 0) is 33.2 Å². The van der Waals surface area contributed by atoms with Gasteiger partial charge in [-0.2, -0.15) is 0 Å². The zero-order valence-corrected chi connectivity index (χ0v) is 54.4. The summed E-state index contributed by atoms with van der Waals surface area (Å²) in [5.41, 5.74) is 0. The summed E-state index contributed by atoms with van der Waals surface area (Å²) in [4.78, 5) is 13.4. The molecule has 1 amide bonds. The van der Waals surface area contributed by atoms with Crippen LogP contribution in [0.1, 0.15) is 232 Å². The van der Waals surface area contributed by atoms with E-state index < -0.39 is 124 Å². The van der Waals surface area contributed by atoms with Crippen LogP contribution in [0.4, 0.5) is 0 Å². The molecular weight excluding hydrogens is 1140 g/mol. The maximum atomic E-state index is 13.4. The molecule has 3 heterocycles. The van der Waals surface area contributed by atoms with Gasteiger partial charge in [-0.3, -0.25) is 4.79 Å². The third-order valence-electron chi connectivity index (χ3n) is 16.9. The summed E-state index contributed by atoms with van der Waals surface area (Å²) >= 11 is 0. The number of hydrogen-bond donors (Lipinski definition) is 12. The lowest BCUT2D eigenvalue weighted by atomic mass is 9.96. The second-order valence-corrected chi connectivity index (χ2v) is 24.6. The smallest absolute Gasteiger partial charge is 0.220 e. The van der Waals surface area contributed by atoms with Crippen LogP contribution < -0.4 is 5.32 Å². The summed E-state index contributed by atoms with van der Waals surface area (Å²) in [6.07, 6.45) is 37.8. The molecule has 0 aromatic carbocycles. The highest BCUT2D eigenvalue weighted by Crippen LogP contribution is 2.33. The molecule has 89 heavy (non-hydrogen) atoms. The van der Waals surface area contributed by atoms with Crippen LogP contribution in [0.2, 0.25) is 0 Å². The number of rotatable bonds is 52. The van der Waals surface area contributed by atoms with E-state index in [1.807, 2.05) is 6.08 Å². The van der Waals surface area contributed by atoms with Gasteiger partial charge < -0.3 is 89.9 Å². The molecule has 3 saturated heterocycles. The van der Waals surface area contributed by atoms with Crippen LogP contribution in [0.15, 0.2) is 72.9 Å². The van der Waals surface area contributed by atoms with Crippen molar-refractivity contribution < 1.29 is 89.4 Å². The van der Waals surface area contributed by atoms with Gasteiger partial charge in [0, 0.05) is 6.42 Å². The number of amides is 1. The Labute approximate surface area is 534 Å². The van der Waals surface area contributed by atoms with Crippen LogP contribution >= 0.6 is 0 Å². The lowest BCUT2D eigenvalue weighted by Gasteiger charge is -2.48. The molecule has 0 aromatic rings. The number of hydrogen-bond acceptors (Lipinski definition) is 18. The van der Waals surface area contributed by atoms with Gasteiger partial charge in [-0.1, -0.05) is 222 Å². The zero-order valence-electron chi connectivity index (χ0n) is 54.4. The first-order chi connectivity index (χ1) is 43.3. The molecule has 0 spiro atoms. The van der Waals surface area contributed by atoms with Gasteiger partial charge in [-0.25, -0.2) is 0 Å². The van der Waals surface area contributed by atoms with Crippen molar-refractivity contribution in [2.45, 2.75) is 336 Å². The first kappa shape index (κ1) is 80.5. The van der Waals surface area contributed by atoms with Gasteiger partial charge in [-0.05, 0) is 77.0 Å². The molecule has 3 aliphatic heterocycles. The summed E-state index contributed by atoms with van der Waals surface area (Å²) in [7, 11) is 0. The standard InChI is InChI=1S/C70H123NO18/c1-3-5-7-9-11-13-15-16-17-18-19-20-21-22-23-24-25-26-27-28-29-30-31-32-33-34-35-36-38-40-42-44-46-48-58(76)71-53(54(75)47-45-43-41-39-37-14-12-10-8-6-4-2)52-84-68-64(82)61(79)66(56(50-73)86-68)89-70-65(83)62(80)67(57(51-74)87-70)88-69-63(81)60(78)59(77)55(49-72)85-69/h8,10,15-16,18-19,21-22,37,39,45,47,53-57,59-70,72-75,77-83H,3-7,9,11-14,17,20,23-36,38,40-44,46,48-52H2,1-2H3,(H,71,76)/b10-8+,16-15-,19-18-,22-21-,39-37+,47-45+. The molecule has 3 rings (SSSR count). The molecule has 12 N–H and O–H groups in total. The van der Waals surface area contributed by atoms with Gasteiger partial charge in [0.15, 0.2) is 18.9 Å². The Kier molecular flexibility index (Phi) is 46.7. The molecule has 17 unspecified atom stereocenters. The molecule has 0 saturated carbocycles. The highest BCUT2D eigenvalue weighted by atomic mass is 16.8. The van der Waals surface area contributed by atoms with Crippen molar-refractivity contribution >= 4 is 5.91 Å². The minimum Gasteiger partial charge on any atom is -0.394 e. The van der Waals surface area contributed by atoms with Crippen molar-refractivity contribution in [3.8, 4) is 0 Å². The summed E-state index contributed by atoms with van der Waals surface area (Å²) in [6.45, 7) is 1.60. The Balaban J connectivity index is 1.35. The average molecular weight is 1270 g/mol. The number of unbranched alkanes of at least 4 members (excludes halogenated alkanes) is 26. The van der Waals surface area contributed by atoms with Crippen LogP contribution in [0.3, 0.4) is 0 Å². The topological polar surface area (TPSA) is 307 Å². The SMILES string of the molecule is CCC/C=C/CC/C=C/CC/C=C/C(O)C(COC1OC(CO)C(OC2OC(CO)C(OC3OC(CO)C(O)C(O)C3O)C(O)C2O)C(O)C1O)NC(=O)CCCCCCCCCCCCCCCCCCCC/C=C\C/C=C\C/C=C\CCCCCCC. The van der Waals surface area contributed by atoms with E-state index in [0.717, 1.165) is 64.2 Å². The van der Waals surface area contributed by atoms with Crippen molar-refractivity contribution in [3.63, 3.8) is 0 Å². The molecule has 516 valence electrons. The third-order valence-corrected chi connectivity index (χ3v) is 16.9. The minimum atomic E-state index is -1.98. The molecule has 19 heteroatoms. The van der Waals surface area contributed by atoms with Crippen molar-refractivity contribution in [2.75, 3.05) is 26.4 Å². The second-order valence-electron chi connectivity index (χ2n) is 24.6. The predicted octanol–water partition coefficient (Wildman–Crippen LogP) is 8.94. The van der Waals surface area contributed by atoms with E-state index in [0.29, 0.717) is 12.8 Å². The molecule has 0 bridgehead atoms. The Morgan fingerprint density at radius 2 is 0.775 bits per heavy atom. The Morgan fingerprint density at radius 3 is 1.24 bits per heavy atom. The second kappa shape index (κ2) is 51.6. The highest BCUT2D eigenvalue weighted by Gasteiger charge is 2.53. The number of nitrogens with one attached hydrogen (secondary N) is 1. The molecule has 19 nitrogen and oxygen atoms in total. The first-order valence-electron chi connectivity index (χ1n) is 34.7. The summed E-state index contributed by atoms with van der Waals surface area (Å²) in [5, 5.41) is 120. The van der Waals surface area contributed by atoms with Crippen molar-refractivity contribution in [1.82, 2.24) is 5.32 Å². The molecule has 0 aliphatic carbocycles. The van der Waals surface area contributed by atoms with Crippen LogP contribution in [-0.4, -0.2) is 193 Å². The van der Waals surface area contributed by atoms with Crippen molar-refractivity contribution in [2.24, 2.45) is 0 Å². The van der Waals surface area contributed by atoms with Gasteiger partial charge in [-0.15, -0.1) is 0 Å². The summed E-state index contributed by atoms with van der Waals surface area (Å²) in [6, 6.07) is -0.997. The summed E-state index contributed by atoms with van der Waals surface area (Å²) < 4.78 is 34.2. The van der Waals surface area contributed by atoms with Gasteiger partial charge in [0.05, 0.1) is 38.6 Å². The van der Waals surface area contributed by atoms with Gasteiger partial charge >= 0.3 is 0 Å². The molecule has 0 aromatic heterocycles. The number of carbonyl (C=O) groups is 1. The fourth-order valence-corrected chi connectivity index (χ4v) is 11.3. The molecule has 3 aliphatic rings. The lowest BCUT2D eigenvalue weighted by Crippen LogP contribution is -2.66. The van der Waals surface area contributed by atoms with E-state index in [4.69, 9.17) is 28.4 Å². The van der Waals surface area contributed by atoms with Gasteiger partial charge in [0.25, 0.3) is 0 Å². The number of ether oxygens (including phenoxy) is 6. The number of carbonyl (C=O) groups excluding carboxylic acids is 1. The van der Waals surface area contributed by atoms with E-state index in [1.165, 1.54) is 135 Å². The van der Waals surface area contributed by atoms with Gasteiger partial charge in [0.1, 0.15) is 73.2 Å². The molecule has 3 fully saturated rings. The van der Waals surface area contributed by atoms with E-state index in [9.17, 15) is 61.0 Å². The maximum absolute atomic E-state index is 13.4. The Hall–Kier alpha value is -2.77. The van der Waals surface area contributed by atoms with E-state index in [1.54, 1.807) is 6.08 Å². The normalized spacial score (nSPS) is 28.7. The van der Waals surface area contributed by atoms with E-state index >= 15 is 0 Å². The molecular formula is C70H123NO18. The fraction of sp³-hybridized carbons (Fsp3) is 0.814. The van der Waals surface area contributed by atoms with E-state index in [-0.39, 0.29) is 18.9 Å². The monoisotopic (exact) mass is 1270 g/mol. The first-order valence-corrected chi connectivity index (χ1v) is 34.7. The largest absolute Gasteiger partial charge is 0.394 e. The minimum absolute atomic E-state index is 0.230. The van der Waals surface area contributed by atoms with E-state index in [2.05, 4.69) is 79.9 Å². The fourth-order valence-electron chi connectivity index (χ4n) is 11.3. The lowest BCUT2D eigenvalue weighted by molar-refractivity contribution is -0.379. The number of allylic oxidation sites excluding steroid dienone is 11. The number of aliphatic hydroxyl groups is 11. The average Bonchev–Trinajstić information content (AvgIpc) is 1.35. The quantitative estimate of drug-likeness (QED) is 0.0200. The molecule has 0 radical (unpaired) electrons. The summed E-state index contributed by atoms with van der Waals surface area (Å²) in [5.74, 6) is -0.292. The zero-order chi connectivity index (χ0) is 64.7. The number of aliphatic hydroxyl groups excluding tert-OH is 11. The van der Waals surface area contributed by atoms with Crippen LogP contribution in [0.25, 0.3) is 0 Å². The van der Waals surface area contributed by atoms with Crippen LogP contribution in [0.5, 0.6) is 0 Å². The van der Waals surface area contributed by atoms with Crippen molar-refractivity contribution in [1.29, 1.82) is 0 Å². The van der Waals surface area contributed by atoms with Gasteiger partial charge in [0.2, 0.25) is 5.91 Å². The van der Waals surface area contributed by atoms with Crippen LogP contribution in [0, 0.1) is 0 Å². The maximum Gasteiger partial charge on any atom is 0.220 e. The Morgan fingerprint density at radius 1 is 0.404 bits per heavy atom. The predicted molar refractivity (Wildman–Crippen MR) is 346 cm³/mol. The molecule has 17 atom stereocenters. The van der Waals surface area contributed by atoms with Crippen molar-refractivity contribution in [3.05, 3.63) is 72.9 Å². The highest BCUT2D eigenvalue weighted by molar-refractivity contribution is 5.76. The third kappa shape index (κ3) is 33.8.